The molecular formula is C15H19N3OS. The van der Waals surface area contributed by atoms with Gasteiger partial charge in [0.2, 0.25) is 0 Å². The lowest BCUT2D eigenvalue weighted by molar-refractivity contribution is 0.412. The Kier molecular flexibility index (Phi) is 4.18. The first kappa shape index (κ1) is 13.4. The topological polar surface area (TPSA) is 48.1 Å². The summed E-state index contributed by atoms with van der Waals surface area (Å²) in [7, 11) is 0. The van der Waals surface area contributed by atoms with Crippen molar-refractivity contribution in [2.45, 2.75) is 25.4 Å². The molecule has 0 radical (unpaired) electrons. The van der Waals surface area contributed by atoms with E-state index in [9.17, 15) is 4.79 Å². The average molecular weight is 289 g/mol. The van der Waals surface area contributed by atoms with Crippen LogP contribution in [0.4, 0.5) is 5.69 Å². The second-order valence-electron chi connectivity index (χ2n) is 5.15. The van der Waals surface area contributed by atoms with Crippen LogP contribution < -0.4 is 15.1 Å². The highest BCUT2D eigenvalue weighted by molar-refractivity contribution is 7.07. The van der Waals surface area contributed by atoms with Crippen LogP contribution in [0.15, 0.2) is 40.5 Å². The van der Waals surface area contributed by atoms with Crippen LogP contribution in [-0.2, 0) is 6.54 Å². The van der Waals surface area contributed by atoms with Gasteiger partial charge in [0.15, 0.2) is 0 Å². The van der Waals surface area contributed by atoms with E-state index in [2.05, 4.69) is 45.5 Å². The van der Waals surface area contributed by atoms with E-state index in [1.807, 2.05) is 5.38 Å². The van der Waals surface area contributed by atoms with E-state index in [-0.39, 0.29) is 4.87 Å². The summed E-state index contributed by atoms with van der Waals surface area (Å²) in [5, 5.41) is 5.43. The first-order valence-electron chi connectivity index (χ1n) is 7.01. The molecule has 0 unspecified atom stereocenters. The number of anilines is 1. The highest BCUT2D eigenvalue weighted by atomic mass is 32.1. The van der Waals surface area contributed by atoms with Gasteiger partial charge in [-0.05, 0) is 25.0 Å². The van der Waals surface area contributed by atoms with Crippen molar-refractivity contribution in [3.05, 3.63) is 51.1 Å². The first-order chi connectivity index (χ1) is 9.81. The van der Waals surface area contributed by atoms with Crippen LogP contribution in [-0.4, -0.2) is 24.1 Å². The molecule has 0 bridgehead atoms. The van der Waals surface area contributed by atoms with Crippen molar-refractivity contribution in [1.29, 1.82) is 0 Å². The third-order valence-electron chi connectivity index (χ3n) is 3.77. The van der Waals surface area contributed by atoms with Gasteiger partial charge < -0.3 is 15.2 Å². The highest BCUT2D eigenvalue weighted by Crippen LogP contribution is 2.19. The van der Waals surface area contributed by atoms with E-state index >= 15 is 0 Å². The predicted octanol–water partition coefficient (Wildman–Crippen LogP) is 2.19. The van der Waals surface area contributed by atoms with Gasteiger partial charge in [-0.1, -0.05) is 29.5 Å². The van der Waals surface area contributed by atoms with Crippen LogP contribution in [0.25, 0.3) is 0 Å². The van der Waals surface area contributed by atoms with E-state index in [0.717, 1.165) is 38.2 Å². The molecule has 1 fully saturated rings. The number of rotatable bonds is 4. The molecule has 0 saturated carbocycles. The van der Waals surface area contributed by atoms with E-state index in [1.54, 1.807) is 0 Å². The maximum atomic E-state index is 11.1. The van der Waals surface area contributed by atoms with Gasteiger partial charge in [-0.3, -0.25) is 4.79 Å². The van der Waals surface area contributed by atoms with Gasteiger partial charge >= 0.3 is 4.87 Å². The molecule has 1 aromatic carbocycles. The number of nitrogens with zero attached hydrogens (tertiary/aromatic N) is 1. The summed E-state index contributed by atoms with van der Waals surface area (Å²) in [5.41, 5.74) is 2.30. The molecule has 4 nitrogen and oxygen atoms in total. The molecule has 0 atom stereocenters. The van der Waals surface area contributed by atoms with E-state index < -0.39 is 0 Å². The summed E-state index contributed by atoms with van der Waals surface area (Å²) in [6.07, 6.45) is 2.28. The number of benzene rings is 1. The second kappa shape index (κ2) is 6.24. The molecule has 2 heterocycles. The lowest BCUT2D eigenvalue weighted by atomic mass is 10.0. The van der Waals surface area contributed by atoms with Crippen molar-refractivity contribution < 1.29 is 0 Å². The van der Waals surface area contributed by atoms with Gasteiger partial charge in [0.25, 0.3) is 0 Å². The van der Waals surface area contributed by atoms with Crippen LogP contribution in [0.2, 0.25) is 0 Å². The third-order valence-corrected chi connectivity index (χ3v) is 4.49. The maximum Gasteiger partial charge on any atom is 0.304 e. The van der Waals surface area contributed by atoms with Crippen LogP contribution in [0.5, 0.6) is 0 Å². The zero-order valence-electron chi connectivity index (χ0n) is 11.3. The zero-order chi connectivity index (χ0) is 13.8. The van der Waals surface area contributed by atoms with Crippen LogP contribution in [0, 0.1) is 0 Å². The van der Waals surface area contributed by atoms with E-state index in [4.69, 9.17) is 0 Å². The molecular weight excluding hydrogens is 270 g/mol. The van der Waals surface area contributed by atoms with Crippen molar-refractivity contribution in [2.75, 3.05) is 18.0 Å². The molecule has 2 aromatic rings. The van der Waals surface area contributed by atoms with Crippen molar-refractivity contribution in [3.63, 3.8) is 0 Å². The number of hydrogen-bond donors (Lipinski definition) is 2. The van der Waals surface area contributed by atoms with Crippen LogP contribution in [0.3, 0.4) is 0 Å². The Balaban J connectivity index is 1.48. The number of hydrogen-bond acceptors (Lipinski definition) is 4. The number of piperidine rings is 1. The zero-order valence-corrected chi connectivity index (χ0v) is 12.2. The minimum absolute atomic E-state index is 0.0284. The van der Waals surface area contributed by atoms with E-state index in [0.29, 0.717) is 6.04 Å². The molecule has 1 saturated heterocycles. The molecule has 3 rings (SSSR count). The number of H-pyrrole nitrogens is 1. The number of thiazole rings is 1. The minimum atomic E-state index is 0.0284. The van der Waals surface area contributed by atoms with Gasteiger partial charge in [0.1, 0.15) is 0 Å². The molecule has 2 N–H and O–H groups in total. The Morgan fingerprint density at radius 2 is 2.00 bits per heavy atom. The second-order valence-corrected chi connectivity index (χ2v) is 5.99. The van der Waals surface area contributed by atoms with Crippen molar-refractivity contribution in [3.8, 4) is 0 Å². The van der Waals surface area contributed by atoms with Gasteiger partial charge in [-0.25, -0.2) is 0 Å². The fourth-order valence-corrected chi connectivity index (χ4v) is 3.22. The number of para-hydroxylation sites is 1. The van der Waals surface area contributed by atoms with Crippen molar-refractivity contribution in [2.24, 2.45) is 0 Å². The largest absolute Gasteiger partial charge is 0.371 e. The Morgan fingerprint density at radius 1 is 1.25 bits per heavy atom. The Labute approximate surface area is 122 Å². The Hall–Kier alpha value is -1.59. The number of aromatic amines is 1. The summed E-state index contributed by atoms with van der Waals surface area (Å²) in [4.78, 5) is 16.4. The molecule has 106 valence electrons. The van der Waals surface area contributed by atoms with Gasteiger partial charge in [-0.2, -0.15) is 0 Å². The lowest BCUT2D eigenvalue weighted by Crippen LogP contribution is -2.42. The average Bonchev–Trinajstić information content (AvgIpc) is 2.92. The quantitative estimate of drug-likeness (QED) is 0.907. The fraction of sp³-hybridized carbons (Fsp3) is 0.400. The SMILES string of the molecule is O=c1[nH]c(CNC2CCN(c3ccccc3)CC2)cs1. The van der Waals surface area contributed by atoms with E-state index in [1.165, 1.54) is 17.0 Å². The van der Waals surface area contributed by atoms with Crippen molar-refractivity contribution in [1.82, 2.24) is 10.3 Å². The van der Waals surface area contributed by atoms with Gasteiger partial charge in [0, 0.05) is 42.4 Å². The normalized spacial score (nSPS) is 16.5. The molecule has 1 aliphatic heterocycles. The predicted molar refractivity (Wildman–Crippen MR) is 83.5 cm³/mol. The Morgan fingerprint density at radius 3 is 2.65 bits per heavy atom. The lowest BCUT2D eigenvalue weighted by Gasteiger charge is -2.34. The standard InChI is InChI=1S/C15H19N3OS/c19-15-17-13(11-20-15)10-16-12-6-8-18(9-7-12)14-4-2-1-3-5-14/h1-5,11-12,16H,6-10H2,(H,17,19). The number of aromatic nitrogens is 1. The smallest absolute Gasteiger partial charge is 0.304 e. The van der Waals surface area contributed by atoms with Crippen molar-refractivity contribution >= 4 is 17.0 Å². The maximum absolute atomic E-state index is 11.1. The monoisotopic (exact) mass is 289 g/mol. The molecule has 1 aromatic heterocycles. The summed E-state index contributed by atoms with van der Waals surface area (Å²) >= 11 is 1.23. The van der Waals surface area contributed by atoms with Gasteiger partial charge in [-0.15, -0.1) is 0 Å². The molecule has 0 amide bonds. The van der Waals surface area contributed by atoms with Crippen LogP contribution in [0.1, 0.15) is 18.5 Å². The third kappa shape index (κ3) is 3.29. The van der Waals surface area contributed by atoms with Gasteiger partial charge in [0.05, 0.1) is 0 Å². The molecule has 0 spiro atoms. The fourth-order valence-electron chi connectivity index (χ4n) is 2.64. The summed E-state index contributed by atoms with van der Waals surface area (Å²) in [6.45, 7) is 2.93. The number of nitrogens with one attached hydrogen (secondary N) is 2. The molecule has 0 aliphatic carbocycles. The molecule has 20 heavy (non-hydrogen) atoms. The first-order valence-corrected chi connectivity index (χ1v) is 7.89. The Bertz CT molecular complexity index is 584. The van der Waals surface area contributed by atoms with Crippen LogP contribution >= 0.6 is 11.3 Å². The molecule has 1 aliphatic rings. The molecule has 5 heteroatoms. The summed E-state index contributed by atoms with van der Waals surface area (Å²) in [5.74, 6) is 0. The summed E-state index contributed by atoms with van der Waals surface area (Å²) in [6, 6.07) is 11.1. The highest BCUT2D eigenvalue weighted by Gasteiger charge is 2.18. The minimum Gasteiger partial charge on any atom is -0.371 e. The summed E-state index contributed by atoms with van der Waals surface area (Å²) < 4.78 is 0.